The summed E-state index contributed by atoms with van der Waals surface area (Å²) in [6.07, 6.45) is 1.27. The van der Waals surface area contributed by atoms with Crippen LogP contribution in [0.3, 0.4) is 0 Å². The van der Waals surface area contributed by atoms with Gasteiger partial charge in [0.05, 0.1) is 6.20 Å². The molecule has 0 saturated carbocycles. The fraction of sp³-hybridized carbons (Fsp3) is 0.500. The quantitative estimate of drug-likeness (QED) is 0.793. The Morgan fingerprint density at radius 2 is 2.33 bits per heavy atom. The van der Waals surface area contributed by atoms with Gasteiger partial charge in [-0.3, -0.25) is 0 Å². The molecule has 0 radical (unpaired) electrons. The predicted molar refractivity (Wildman–Crippen MR) is 61.1 cm³/mol. The second-order valence-electron chi connectivity index (χ2n) is 3.64. The summed E-state index contributed by atoms with van der Waals surface area (Å²) in [5.41, 5.74) is 0. The number of rotatable bonds is 1. The fourth-order valence-electron chi connectivity index (χ4n) is 1.70. The summed E-state index contributed by atoms with van der Waals surface area (Å²) < 4.78 is 12.6. The van der Waals surface area contributed by atoms with Gasteiger partial charge in [-0.05, 0) is 19.1 Å². The van der Waals surface area contributed by atoms with Gasteiger partial charge in [-0.15, -0.1) is 12.4 Å². The molecule has 15 heavy (non-hydrogen) atoms. The highest BCUT2D eigenvalue weighted by Crippen LogP contribution is 2.12. The summed E-state index contributed by atoms with van der Waals surface area (Å²) >= 11 is 0. The molecule has 0 aromatic carbocycles. The number of nitrogens with zero attached hydrogens (tertiary/aromatic N) is 2. The van der Waals surface area contributed by atoms with Crippen LogP contribution in [-0.4, -0.2) is 30.7 Å². The van der Waals surface area contributed by atoms with Crippen LogP contribution in [-0.2, 0) is 0 Å². The molecule has 84 valence electrons. The van der Waals surface area contributed by atoms with Crippen LogP contribution in [0.2, 0.25) is 0 Å². The van der Waals surface area contributed by atoms with E-state index in [1.807, 2.05) is 0 Å². The van der Waals surface area contributed by atoms with E-state index in [0.29, 0.717) is 6.04 Å². The first-order valence-electron chi connectivity index (χ1n) is 4.85. The summed E-state index contributed by atoms with van der Waals surface area (Å²) in [5, 5.41) is 3.35. The van der Waals surface area contributed by atoms with Gasteiger partial charge in [0.25, 0.3) is 0 Å². The van der Waals surface area contributed by atoms with E-state index in [-0.39, 0.29) is 18.2 Å². The maximum absolute atomic E-state index is 12.6. The van der Waals surface area contributed by atoms with E-state index < -0.39 is 0 Å². The fourth-order valence-corrected chi connectivity index (χ4v) is 1.70. The highest BCUT2D eigenvalue weighted by molar-refractivity contribution is 5.85. The molecular formula is C10H15ClFN3. The van der Waals surface area contributed by atoms with Crippen molar-refractivity contribution in [3.63, 3.8) is 0 Å². The molecule has 0 unspecified atom stereocenters. The molecule has 1 saturated heterocycles. The second kappa shape index (κ2) is 5.28. The van der Waals surface area contributed by atoms with Crippen molar-refractivity contribution in [3.05, 3.63) is 24.1 Å². The van der Waals surface area contributed by atoms with Gasteiger partial charge >= 0.3 is 0 Å². The van der Waals surface area contributed by atoms with Crippen LogP contribution in [0.1, 0.15) is 6.92 Å². The molecular weight excluding hydrogens is 217 g/mol. The molecule has 0 spiro atoms. The third-order valence-electron chi connectivity index (χ3n) is 2.40. The lowest BCUT2D eigenvalue weighted by molar-refractivity contribution is 0.482. The van der Waals surface area contributed by atoms with Crippen molar-refractivity contribution in [1.82, 2.24) is 10.3 Å². The molecule has 1 aromatic rings. The molecule has 0 amide bonds. The zero-order valence-electron chi connectivity index (χ0n) is 8.61. The second-order valence-corrected chi connectivity index (χ2v) is 3.64. The first-order valence-corrected chi connectivity index (χ1v) is 4.85. The molecule has 1 aliphatic rings. The van der Waals surface area contributed by atoms with Gasteiger partial charge < -0.3 is 10.2 Å². The van der Waals surface area contributed by atoms with Gasteiger partial charge in [-0.1, -0.05) is 0 Å². The molecule has 0 aliphatic carbocycles. The van der Waals surface area contributed by atoms with Crippen LogP contribution in [0.5, 0.6) is 0 Å². The highest BCUT2D eigenvalue weighted by Gasteiger charge is 2.16. The van der Waals surface area contributed by atoms with Gasteiger partial charge in [0.1, 0.15) is 11.6 Å². The molecule has 1 aliphatic heterocycles. The summed E-state index contributed by atoms with van der Waals surface area (Å²) in [5.74, 6) is 0.580. The van der Waals surface area contributed by atoms with Crippen LogP contribution in [0.15, 0.2) is 18.3 Å². The average Bonchev–Trinajstić information content (AvgIpc) is 2.19. The van der Waals surface area contributed by atoms with E-state index in [2.05, 4.69) is 22.1 Å². The van der Waals surface area contributed by atoms with E-state index in [1.54, 1.807) is 6.07 Å². The summed E-state index contributed by atoms with van der Waals surface area (Å²) in [6.45, 7) is 4.96. The highest BCUT2D eigenvalue weighted by atomic mass is 35.5. The molecule has 1 atom stereocenters. The van der Waals surface area contributed by atoms with Crippen molar-refractivity contribution in [2.24, 2.45) is 0 Å². The summed E-state index contributed by atoms with van der Waals surface area (Å²) in [7, 11) is 0. The number of nitrogens with one attached hydrogen (secondary N) is 1. The lowest BCUT2D eigenvalue weighted by atomic mass is 10.2. The minimum absolute atomic E-state index is 0. The topological polar surface area (TPSA) is 28.2 Å². The number of hydrogen-bond acceptors (Lipinski definition) is 3. The molecule has 0 bridgehead atoms. The maximum Gasteiger partial charge on any atom is 0.141 e. The third kappa shape index (κ3) is 3.04. The molecule has 2 heterocycles. The third-order valence-corrected chi connectivity index (χ3v) is 2.40. The van der Waals surface area contributed by atoms with Gasteiger partial charge in [-0.2, -0.15) is 0 Å². The maximum atomic E-state index is 12.6. The van der Waals surface area contributed by atoms with Gasteiger partial charge in [0.15, 0.2) is 0 Å². The Morgan fingerprint density at radius 3 is 2.93 bits per heavy atom. The number of hydrogen-bond donors (Lipinski definition) is 1. The standard InChI is InChI=1S/C10H14FN3.ClH/c1-8-7-14(5-4-12-8)10-3-2-9(11)6-13-10;/h2-3,6,8,12H,4-5,7H2,1H3;1H/t8-;/m0./s1. The van der Waals surface area contributed by atoms with E-state index in [1.165, 1.54) is 12.3 Å². The van der Waals surface area contributed by atoms with Gasteiger partial charge in [-0.25, -0.2) is 9.37 Å². The molecule has 5 heteroatoms. The number of piperazine rings is 1. The zero-order chi connectivity index (χ0) is 9.97. The van der Waals surface area contributed by atoms with Crippen LogP contribution in [0.4, 0.5) is 10.2 Å². The first kappa shape index (κ1) is 12.2. The van der Waals surface area contributed by atoms with Crippen LogP contribution in [0, 0.1) is 5.82 Å². The predicted octanol–water partition coefficient (Wildman–Crippen LogP) is 1.44. The molecule has 2 rings (SSSR count). The van der Waals surface area contributed by atoms with Crippen molar-refractivity contribution >= 4 is 18.2 Å². The number of aromatic nitrogens is 1. The van der Waals surface area contributed by atoms with Gasteiger partial charge in [0.2, 0.25) is 0 Å². The van der Waals surface area contributed by atoms with Crippen LogP contribution < -0.4 is 10.2 Å². The summed E-state index contributed by atoms with van der Waals surface area (Å²) in [4.78, 5) is 6.23. The van der Waals surface area contributed by atoms with Crippen LogP contribution in [0.25, 0.3) is 0 Å². The Morgan fingerprint density at radius 1 is 1.53 bits per heavy atom. The molecule has 1 N–H and O–H groups in total. The molecule has 1 fully saturated rings. The number of pyridine rings is 1. The van der Waals surface area contributed by atoms with E-state index in [4.69, 9.17) is 0 Å². The Labute approximate surface area is 95.1 Å². The van der Waals surface area contributed by atoms with E-state index in [0.717, 1.165) is 25.5 Å². The number of anilines is 1. The van der Waals surface area contributed by atoms with E-state index in [9.17, 15) is 4.39 Å². The van der Waals surface area contributed by atoms with Crippen molar-refractivity contribution < 1.29 is 4.39 Å². The van der Waals surface area contributed by atoms with Crippen molar-refractivity contribution in [3.8, 4) is 0 Å². The summed E-state index contributed by atoms with van der Waals surface area (Å²) in [6, 6.07) is 3.65. The smallest absolute Gasteiger partial charge is 0.141 e. The van der Waals surface area contributed by atoms with Crippen LogP contribution >= 0.6 is 12.4 Å². The number of halogens is 2. The Bertz CT molecular complexity index is 304. The van der Waals surface area contributed by atoms with Crippen molar-refractivity contribution in [1.29, 1.82) is 0 Å². The zero-order valence-corrected chi connectivity index (χ0v) is 9.43. The largest absolute Gasteiger partial charge is 0.354 e. The van der Waals surface area contributed by atoms with Crippen molar-refractivity contribution in [2.45, 2.75) is 13.0 Å². The Balaban J connectivity index is 0.00000112. The van der Waals surface area contributed by atoms with Crippen molar-refractivity contribution in [2.75, 3.05) is 24.5 Å². The molecule has 3 nitrogen and oxygen atoms in total. The normalized spacial score (nSPS) is 20.9. The minimum Gasteiger partial charge on any atom is -0.354 e. The average molecular weight is 232 g/mol. The lowest BCUT2D eigenvalue weighted by Crippen LogP contribution is -2.49. The Kier molecular flexibility index (Phi) is 4.29. The molecule has 1 aromatic heterocycles. The Hall–Kier alpha value is -0.870. The van der Waals surface area contributed by atoms with E-state index >= 15 is 0 Å². The van der Waals surface area contributed by atoms with Gasteiger partial charge in [0, 0.05) is 25.7 Å². The SMILES string of the molecule is C[C@H]1CN(c2ccc(F)cn2)CCN1.Cl. The first-order chi connectivity index (χ1) is 6.75. The lowest BCUT2D eigenvalue weighted by Gasteiger charge is -2.32. The minimum atomic E-state index is -0.281. The monoisotopic (exact) mass is 231 g/mol.